The minimum absolute atomic E-state index is 0.0845. The molecule has 0 bridgehead atoms. The van der Waals surface area contributed by atoms with Crippen molar-refractivity contribution in [1.29, 1.82) is 0 Å². The second-order valence-electron chi connectivity index (χ2n) is 7.13. The molecule has 29 heavy (non-hydrogen) atoms. The van der Waals surface area contributed by atoms with Gasteiger partial charge in [-0.1, -0.05) is 29.5 Å². The number of para-hydroxylation sites is 1. The third-order valence-corrected chi connectivity index (χ3v) is 5.89. The van der Waals surface area contributed by atoms with Gasteiger partial charge in [-0.05, 0) is 25.0 Å². The van der Waals surface area contributed by atoms with Gasteiger partial charge >= 0.3 is 0 Å². The maximum absolute atomic E-state index is 12.6. The second-order valence-corrected chi connectivity index (χ2v) is 8.17. The summed E-state index contributed by atoms with van der Waals surface area (Å²) in [5.74, 6) is 0.556. The van der Waals surface area contributed by atoms with E-state index in [1.54, 1.807) is 18.0 Å². The van der Waals surface area contributed by atoms with Crippen LogP contribution in [0, 0.1) is 13.8 Å². The molecule has 1 saturated heterocycles. The zero-order chi connectivity index (χ0) is 20.5. The number of rotatable bonds is 5. The lowest BCUT2D eigenvalue weighted by atomic mass is 10.1. The van der Waals surface area contributed by atoms with E-state index in [0.29, 0.717) is 28.9 Å². The Kier molecular flexibility index (Phi) is 5.06. The first kappa shape index (κ1) is 19.1. The average molecular weight is 411 g/mol. The van der Waals surface area contributed by atoms with Crippen LogP contribution in [0.3, 0.4) is 0 Å². The summed E-state index contributed by atoms with van der Waals surface area (Å²) in [4.78, 5) is 30.5. The molecule has 0 saturated carbocycles. The summed E-state index contributed by atoms with van der Waals surface area (Å²) in [5, 5.41) is 11.2. The topological polar surface area (TPSA) is 92.2 Å². The zero-order valence-corrected chi connectivity index (χ0v) is 17.3. The van der Waals surface area contributed by atoms with Crippen molar-refractivity contribution in [1.82, 2.24) is 19.7 Å². The molecule has 1 fully saturated rings. The van der Waals surface area contributed by atoms with Crippen molar-refractivity contribution in [2.24, 2.45) is 0 Å². The number of thiazole rings is 1. The van der Waals surface area contributed by atoms with E-state index >= 15 is 0 Å². The van der Waals surface area contributed by atoms with Crippen LogP contribution < -0.4 is 10.6 Å². The lowest BCUT2D eigenvalue weighted by Crippen LogP contribution is -2.49. The first-order valence-corrected chi connectivity index (χ1v) is 10.1. The van der Waals surface area contributed by atoms with Crippen LogP contribution in [-0.4, -0.2) is 44.6 Å². The molecular weight excluding hydrogens is 388 g/mol. The highest BCUT2D eigenvalue weighted by molar-refractivity contribution is 7.17. The number of aromatic nitrogens is 3. The van der Waals surface area contributed by atoms with Crippen LogP contribution in [-0.2, 0) is 4.79 Å². The second kappa shape index (κ2) is 7.67. The van der Waals surface area contributed by atoms with Gasteiger partial charge in [0.1, 0.15) is 4.88 Å². The fraction of sp³-hybridized carbons (Fsp3) is 0.300. The van der Waals surface area contributed by atoms with Crippen molar-refractivity contribution in [2.45, 2.75) is 26.8 Å². The van der Waals surface area contributed by atoms with Crippen molar-refractivity contribution in [2.75, 3.05) is 23.7 Å². The third-order valence-electron chi connectivity index (χ3n) is 4.97. The minimum atomic E-state index is -0.183. The number of carbonyl (C=O) groups is 2. The van der Waals surface area contributed by atoms with Gasteiger partial charge in [0.15, 0.2) is 10.9 Å². The molecule has 3 aromatic rings. The van der Waals surface area contributed by atoms with E-state index in [1.807, 2.05) is 49.0 Å². The monoisotopic (exact) mass is 410 g/mol. The average Bonchev–Trinajstić information content (AvgIpc) is 3.27. The highest BCUT2D eigenvalue weighted by Crippen LogP contribution is 2.26. The fourth-order valence-electron chi connectivity index (χ4n) is 3.22. The molecule has 0 atom stereocenters. The summed E-state index contributed by atoms with van der Waals surface area (Å²) in [6.45, 7) is 6.86. The van der Waals surface area contributed by atoms with Crippen LogP contribution in [0.25, 0.3) is 0 Å². The number of benzene rings is 1. The summed E-state index contributed by atoms with van der Waals surface area (Å²) in [6.07, 6.45) is 3.44. The molecule has 4 rings (SSSR count). The van der Waals surface area contributed by atoms with Gasteiger partial charge < -0.3 is 15.5 Å². The van der Waals surface area contributed by atoms with Crippen molar-refractivity contribution >= 4 is 39.8 Å². The molecule has 2 amide bonds. The van der Waals surface area contributed by atoms with E-state index < -0.39 is 0 Å². The van der Waals surface area contributed by atoms with Gasteiger partial charge in [0, 0.05) is 38.0 Å². The van der Waals surface area contributed by atoms with Gasteiger partial charge in [-0.15, -0.1) is 0 Å². The van der Waals surface area contributed by atoms with E-state index in [4.69, 9.17) is 0 Å². The number of nitrogens with one attached hydrogen (secondary N) is 2. The van der Waals surface area contributed by atoms with E-state index in [1.165, 1.54) is 11.3 Å². The first-order valence-electron chi connectivity index (χ1n) is 9.32. The van der Waals surface area contributed by atoms with Crippen LogP contribution in [0.2, 0.25) is 0 Å². The van der Waals surface area contributed by atoms with Crippen molar-refractivity contribution in [3.63, 3.8) is 0 Å². The number of hydrogen-bond donors (Lipinski definition) is 2. The Bertz CT molecular complexity index is 1050. The highest BCUT2D eigenvalue weighted by Gasteiger charge is 2.30. The quantitative estimate of drug-likeness (QED) is 0.673. The first-order chi connectivity index (χ1) is 13.9. The van der Waals surface area contributed by atoms with Gasteiger partial charge in [-0.3, -0.25) is 14.3 Å². The Balaban J connectivity index is 1.38. The van der Waals surface area contributed by atoms with Crippen LogP contribution in [0.15, 0.2) is 36.7 Å². The molecule has 1 aliphatic rings. The van der Waals surface area contributed by atoms with Crippen LogP contribution in [0.1, 0.15) is 33.8 Å². The maximum atomic E-state index is 12.6. The Morgan fingerprint density at radius 3 is 2.59 bits per heavy atom. The maximum Gasteiger partial charge on any atom is 0.267 e. The van der Waals surface area contributed by atoms with Gasteiger partial charge in [-0.2, -0.15) is 5.10 Å². The lowest BCUT2D eigenvalue weighted by Gasteiger charge is -2.38. The SMILES string of the molecule is CC(=O)N1CC(n2ccc(Nc3ncc(C(=O)Nc4c(C)cccc4C)s3)n2)C1. The summed E-state index contributed by atoms with van der Waals surface area (Å²) >= 11 is 1.27. The van der Waals surface area contributed by atoms with Crippen LogP contribution in [0.5, 0.6) is 0 Å². The number of aryl methyl sites for hydroxylation is 2. The van der Waals surface area contributed by atoms with Gasteiger partial charge in [0.05, 0.1) is 12.2 Å². The molecule has 0 radical (unpaired) electrons. The molecule has 150 valence electrons. The third kappa shape index (κ3) is 4.00. The molecule has 8 nitrogen and oxygen atoms in total. The summed E-state index contributed by atoms with van der Waals surface area (Å²) < 4.78 is 1.85. The number of carbonyl (C=O) groups excluding carboxylic acids is 2. The lowest BCUT2D eigenvalue weighted by molar-refractivity contribution is -0.134. The highest BCUT2D eigenvalue weighted by atomic mass is 32.1. The van der Waals surface area contributed by atoms with Gasteiger partial charge in [0.2, 0.25) is 5.91 Å². The summed E-state index contributed by atoms with van der Waals surface area (Å²) in [7, 11) is 0. The normalized spacial score (nSPS) is 13.8. The Morgan fingerprint density at radius 1 is 1.17 bits per heavy atom. The molecule has 1 aromatic carbocycles. The number of amides is 2. The fourth-order valence-corrected chi connectivity index (χ4v) is 3.94. The van der Waals surface area contributed by atoms with Crippen molar-refractivity contribution < 1.29 is 9.59 Å². The largest absolute Gasteiger partial charge is 0.339 e. The molecule has 9 heteroatoms. The van der Waals surface area contributed by atoms with Crippen molar-refractivity contribution in [3.05, 3.63) is 52.7 Å². The number of anilines is 3. The smallest absolute Gasteiger partial charge is 0.267 e. The molecule has 2 N–H and O–H groups in total. The molecule has 3 heterocycles. The van der Waals surface area contributed by atoms with Crippen LogP contribution >= 0.6 is 11.3 Å². The predicted octanol–water partition coefficient (Wildman–Crippen LogP) is 3.36. The standard InChI is InChI=1S/C20H22N6O2S/c1-12-5-4-6-13(2)18(12)23-19(28)16-9-21-20(29-16)22-17-7-8-26(24-17)15-10-25(11-15)14(3)27/h4-9,15H,10-11H2,1-3H3,(H,23,28)(H,21,22,24). The van der Waals surface area contributed by atoms with Crippen LogP contribution in [0.4, 0.5) is 16.6 Å². The summed E-state index contributed by atoms with van der Waals surface area (Å²) in [5.41, 5.74) is 2.87. The van der Waals surface area contributed by atoms with E-state index in [-0.39, 0.29) is 17.9 Å². The van der Waals surface area contributed by atoms with E-state index in [9.17, 15) is 9.59 Å². The number of likely N-dealkylation sites (tertiary alicyclic amines) is 1. The number of nitrogens with zero attached hydrogens (tertiary/aromatic N) is 4. The number of hydrogen-bond acceptors (Lipinski definition) is 6. The van der Waals surface area contributed by atoms with E-state index in [0.717, 1.165) is 16.8 Å². The minimum Gasteiger partial charge on any atom is -0.339 e. The molecule has 0 spiro atoms. The molecule has 0 aliphatic carbocycles. The van der Waals surface area contributed by atoms with Crippen molar-refractivity contribution in [3.8, 4) is 0 Å². The van der Waals surface area contributed by atoms with E-state index in [2.05, 4.69) is 20.7 Å². The Labute approximate surface area is 172 Å². The van der Waals surface area contributed by atoms with Gasteiger partial charge in [-0.25, -0.2) is 4.98 Å². The molecule has 1 aliphatic heterocycles. The molecular formula is C20H22N6O2S. The molecule has 2 aromatic heterocycles. The molecule has 0 unspecified atom stereocenters. The predicted molar refractivity (Wildman–Crippen MR) is 113 cm³/mol. The zero-order valence-electron chi connectivity index (χ0n) is 16.5. The Hall–Kier alpha value is -3.20. The Morgan fingerprint density at radius 2 is 1.90 bits per heavy atom. The summed E-state index contributed by atoms with van der Waals surface area (Å²) in [6, 6.07) is 7.96. The van der Waals surface area contributed by atoms with Gasteiger partial charge in [0.25, 0.3) is 5.91 Å².